The lowest BCUT2D eigenvalue weighted by molar-refractivity contribution is -0.212. The van der Waals surface area contributed by atoms with E-state index in [0.717, 1.165) is 30.4 Å². The summed E-state index contributed by atoms with van der Waals surface area (Å²) in [5.74, 6) is 0.965. The predicted octanol–water partition coefficient (Wildman–Crippen LogP) is 2.95. The molecule has 0 amide bonds. The van der Waals surface area contributed by atoms with Crippen molar-refractivity contribution in [2.45, 2.75) is 135 Å². The zero-order valence-corrected chi connectivity index (χ0v) is 27.7. The van der Waals surface area contributed by atoms with Gasteiger partial charge in [0, 0.05) is 13.0 Å². The van der Waals surface area contributed by atoms with Gasteiger partial charge in [0.15, 0.2) is 6.29 Å². The molecule has 16 atom stereocenters. The molecule has 0 spiro atoms. The first kappa shape index (κ1) is 34.5. The Labute approximate surface area is 263 Å². The van der Waals surface area contributed by atoms with Crippen molar-refractivity contribution >= 4 is 0 Å². The number of rotatable bonds is 9. The Morgan fingerprint density at radius 1 is 1.00 bits per heavy atom. The molecule has 5 rings (SSSR count). The molecule has 4 aliphatic carbocycles. The van der Waals surface area contributed by atoms with Gasteiger partial charge in [0.2, 0.25) is 0 Å². The quantitative estimate of drug-likeness (QED) is 0.214. The lowest BCUT2D eigenvalue weighted by Gasteiger charge is -2.59. The molecule has 1 heterocycles. The van der Waals surface area contributed by atoms with Gasteiger partial charge in [-0.15, -0.1) is 0 Å². The van der Waals surface area contributed by atoms with Crippen LogP contribution in [0.4, 0.5) is 0 Å². The molecular formula is C35H58O9. The van der Waals surface area contributed by atoms with E-state index in [0.29, 0.717) is 31.1 Å². The van der Waals surface area contributed by atoms with Crippen molar-refractivity contribution in [2.75, 3.05) is 13.7 Å². The Kier molecular flexibility index (Phi) is 10.2. The lowest BCUT2D eigenvalue weighted by Crippen LogP contribution is -2.58. The molecule has 9 heteroatoms. The van der Waals surface area contributed by atoms with Crippen LogP contribution in [0.1, 0.15) is 80.1 Å². The predicted molar refractivity (Wildman–Crippen MR) is 165 cm³/mol. The monoisotopic (exact) mass is 622 g/mol. The lowest BCUT2D eigenvalue weighted by atomic mass is 9.47. The van der Waals surface area contributed by atoms with Crippen molar-refractivity contribution in [2.24, 2.45) is 46.3 Å². The second kappa shape index (κ2) is 13.0. The number of ether oxygens (including phenoxy) is 3. The van der Waals surface area contributed by atoms with Crippen LogP contribution in [0, 0.1) is 46.3 Å². The highest BCUT2D eigenvalue weighted by molar-refractivity contribution is 5.40. The molecule has 0 aromatic carbocycles. The number of fused-ring (bicyclic) bond motifs is 4. The number of aliphatic hydroxyl groups is 6. The van der Waals surface area contributed by atoms with E-state index < -0.39 is 55.6 Å². The standard InChI is InChI=1S/C35H58O9/c1-17(2)18(3)8-9-19(4)27-25(43-33-30(41)32(42-7)31(44-33)24(38)16-36)15-22-26-21(11-13-35(22,27)6)34(5)12-10-20(37)14-23(34)28(39)29(26)40/h8-9,17-21,23-25,27-33,36-41H,10-16H2,1-7H3/b9-8+/t18-,19-,20-,21+,23-,24-,25-,27+,28+,29-,30-,31+,32-,33-,34-,35+/m1/s1. The highest BCUT2D eigenvalue weighted by Gasteiger charge is 2.63. The number of allylic oxidation sites excluding steroid dienone is 2. The summed E-state index contributed by atoms with van der Waals surface area (Å²) < 4.78 is 18.2. The topological polar surface area (TPSA) is 149 Å². The average molecular weight is 623 g/mol. The fraction of sp³-hybridized carbons (Fsp3) is 0.886. The second-order valence-electron chi connectivity index (χ2n) is 15.6. The third-order valence-electron chi connectivity index (χ3n) is 12.9. The van der Waals surface area contributed by atoms with Gasteiger partial charge in [0.05, 0.1) is 24.9 Å². The van der Waals surface area contributed by atoms with Crippen molar-refractivity contribution in [1.29, 1.82) is 0 Å². The van der Waals surface area contributed by atoms with Gasteiger partial charge in [-0.25, -0.2) is 0 Å². The van der Waals surface area contributed by atoms with E-state index in [2.05, 4.69) is 53.7 Å². The SMILES string of the molecule is CO[C@@H]1[C@@H](O)[C@H](O[C@@H]2CC3=C4[C@@H](O)[C@@H](O)[C@H]5C[C@H](O)CC[C@]5(C)[C@H]4CC[C@]3(C)[C@H]2[C@H](C)/C=C/[C@@H](C)C(C)C)O[C@H]1[C@H](O)CO. The molecule has 4 fully saturated rings. The fourth-order valence-corrected chi connectivity index (χ4v) is 9.90. The van der Waals surface area contributed by atoms with E-state index >= 15 is 0 Å². The third-order valence-corrected chi connectivity index (χ3v) is 12.9. The summed E-state index contributed by atoms with van der Waals surface area (Å²) in [4.78, 5) is 0. The molecule has 3 saturated carbocycles. The van der Waals surface area contributed by atoms with Crippen LogP contribution >= 0.6 is 0 Å². The Morgan fingerprint density at radius 3 is 2.34 bits per heavy atom. The minimum Gasteiger partial charge on any atom is -0.394 e. The highest BCUT2D eigenvalue weighted by Crippen LogP contribution is 2.66. The van der Waals surface area contributed by atoms with Gasteiger partial charge in [0.25, 0.3) is 0 Å². The Hall–Kier alpha value is -0.880. The molecular weight excluding hydrogens is 564 g/mol. The summed E-state index contributed by atoms with van der Waals surface area (Å²) in [6.45, 7) is 12.8. The zero-order valence-electron chi connectivity index (χ0n) is 27.7. The minimum atomic E-state index is -1.23. The van der Waals surface area contributed by atoms with E-state index in [4.69, 9.17) is 14.2 Å². The largest absolute Gasteiger partial charge is 0.394 e. The summed E-state index contributed by atoms with van der Waals surface area (Å²) >= 11 is 0. The van der Waals surface area contributed by atoms with Gasteiger partial charge in [-0.05, 0) is 84.5 Å². The first-order valence-electron chi connectivity index (χ1n) is 17.0. The average Bonchev–Trinajstić information content (AvgIpc) is 3.46. The van der Waals surface area contributed by atoms with Crippen molar-refractivity contribution in [1.82, 2.24) is 0 Å². The van der Waals surface area contributed by atoms with Gasteiger partial charge in [-0.3, -0.25) is 0 Å². The van der Waals surface area contributed by atoms with Gasteiger partial charge >= 0.3 is 0 Å². The third kappa shape index (κ3) is 5.66. The second-order valence-corrected chi connectivity index (χ2v) is 15.6. The molecule has 6 N–H and O–H groups in total. The molecule has 1 aliphatic heterocycles. The molecule has 0 unspecified atom stereocenters. The van der Waals surface area contributed by atoms with Crippen LogP contribution in [-0.4, -0.2) is 99.5 Å². The van der Waals surface area contributed by atoms with E-state index in [1.807, 2.05) is 0 Å². The van der Waals surface area contributed by atoms with E-state index in [1.165, 1.54) is 7.11 Å². The first-order valence-corrected chi connectivity index (χ1v) is 17.0. The summed E-state index contributed by atoms with van der Waals surface area (Å²) in [6.07, 6.45) is 0.931. The van der Waals surface area contributed by atoms with E-state index in [-0.39, 0.29) is 40.6 Å². The molecule has 0 aromatic heterocycles. The summed E-state index contributed by atoms with van der Waals surface area (Å²) in [7, 11) is 1.44. The summed E-state index contributed by atoms with van der Waals surface area (Å²) in [5, 5.41) is 64.9. The number of hydrogen-bond donors (Lipinski definition) is 6. The molecule has 252 valence electrons. The van der Waals surface area contributed by atoms with Gasteiger partial charge in [-0.1, -0.05) is 59.3 Å². The van der Waals surface area contributed by atoms with Crippen LogP contribution in [0.2, 0.25) is 0 Å². The molecule has 1 saturated heterocycles. The number of methoxy groups -OCH3 is 1. The molecule has 0 aromatic rings. The first-order chi connectivity index (χ1) is 20.7. The Bertz CT molecular complexity index is 1080. The number of hydrogen-bond acceptors (Lipinski definition) is 9. The van der Waals surface area contributed by atoms with Crippen molar-refractivity contribution in [3.05, 3.63) is 23.3 Å². The van der Waals surface area contributed by atoms with E-state index in [1.54, 1.807) is 0 Å². The van der Waals surface area contributed by atoms with E-state index in [9.17, 15) is 30.6 Å². The highest BCUT2D eigenvalue weighted by atomic mass is 16.7. The molecule has 5 aliphatic rings. The smallest absolute Gasteiger partial charge is 0.187 e. The Balaban J connectivity index is 1.53. The maximum absolute atomic E-state index is 11.8. The van der Waals surface area contributed by atoms with Gasteiger partial charge in [-0.2, -0.15) is 0 Å². The summed E-state index contributed by atoms with van der Waals surface area (Å²) in [5.41, 5.74) is 1.59. The maximum Gasteiger partial charge on any atom is 0.187 e. The normalized spacial score (nSPS) is 47.9. The van der Waals surface area contributed by atoms with Gasteiger partial charge < -0.3 is 44.8 Å². The molecule has 9 nitrogen and oxygen atoms in total. The Morgan fingerprint density at radius 2 is 1.70 bits per heavy atom. The molecule has 0 radical (unpaired) electrons. The van der Waals surface area contributed by atoms with Gasteiger partial charge in [0.1, 0.15) is 30.5 Å². The van der Waals surface area contributed by atoms with Crippen molar-refractivity contribution in [3.8, 4) is 0 Å². The van der Waals surface area contributed by atoms with Crippen LogP contribution in [0.15, 0.2) is 23.3 Å². The van der Waals surface area contributed by atoms with Crippen LogP contribution < -0.4 is 0 Å². The molecule has 44 heavy (non-hydrogen) atoms. The maximum atomic E-state index is 11.8. The van der Waals surface area contributed by atoms with Crippen molar-refractivity contribution < 1.29 is 44.8 Å². The minimum absolute atomic E-state index is 0.00298. The molecule has 0 bridgehead atoms. The van der Waals surface area contributed by atoms with Crippen LogP contribution in [0.5, 0.6) is 0 Å². The summed E-state index contributed by atoms with van der Waals surface area (Å²) in [6, 6.07) is 0. The van der Waals surface area contributed by atoms with Crippen LogP contribution in [-0.2, 0) is 14.2 Å². The van der Waals surface area contributed by atoms with Crippen LogP contribution in [0.25, 0.3) is 0 Å². The number of aliphatic hydroxyl groups excluding tert-OH is 6. The van der Waals surface area contributed by atoms with Crippen molar-refractivity contribution in [3.63, 3.8) is 0 Å². The zero-order chi connectivity index (χ0) is 32.3. The fourth-order valence-electron chi connectivity index (χ4n) is 9.90. The van der Waals surface area contributed by atoms with Crippen LogP contribution in [0.3, 0.4) is 0 Å².